The second kappa shape index (κ2) is 5.74. The van der Waals surface area contributed by atoms with Gasteiger partial charge in [0.15, 0.2) is 0 Å². The van der Waals surface area contributed by atoms with E-state index in [1.165, 1.54) is 11.1 Å². The van der Waals surface area contributed by atoms with Gasteiger partial charge in [-0.1, -0.05) is 29.8 Å². The molecule has 2 rings (SSSR count). The predicted octanol–water partition coefficient (Wildman–Crippen LogP) is 2.60. The minimum Gasteiger partial charge on any atom is -0.311 e. The fourth-order valence-corrected chi connectivity index (χ4v) is 2.10. The molecule has 0 aliphatic heterocycles. The summed E-state index contributed by atoms with van der Waals surface area (Å²) in [5.41, 5.74) is 3.67. The van der Waals surface area contributed by atoms with Crippen molar-refractivity contribution in [3.05, 3.63) is 59.2 Å². The average molecular weight is 241 g/mol. The highest BCUT2D eigenvalue weighted by Crippen LogP contribution is 2.16. The molecular formula is C15H19N3. The van der Waals surface area contributed by atoms with Crippen LogP contribution < -0.4 is 5.32 Å². The molecule has 1 N–H and O–H groups in total. The van der Waals surface area contributed by atoms with Crippen LogP contribution in [0.3, 0.4) is 0 Å². The molecule has 0 fully saturated rings. The standard InChI is InChI=1S/C15H19N3/c1-11-5-4-6-13(9-11)10-15(16-3)14-7-8-17-12(2)18-14/h4-9,15-16H,10H2,1-3H3. The van der Waals surface area contributed by atoms with E-state index in [0.717, 1.165) is 17.9 Å². The van der Waals surface area contributed by atoms with Crippen LogP contribution in [0.2, 0.25) is 0 Å². The molecule has 0 bridgehead atoms. The molecule has 1 unspecified atom stereocenters. The topological polar surface area (TPSA) is 37.8 Å². The second-order valence-electron chi connectivity index (χ2n) is 4.56. The monoisotopic (exact) mass is 241 g/mol. The Kier molecular flexibility index (Phi) is 4.05. The van der Waals surface area contributed by atoms with E-state index in [0.29, 0.717) is 0 Å². The zero-order valence-electron chi connectivity index (χ0n) is 11.1. The lowest BCUT2D eigenvalue weighted by molar-refractivity contribution is 0.572. The molecule has 1 aromatic carbocycles. The van der Waals surface area contributed by atoms with Crippen LogP contribution in [0.5, 0.6) is 0 Å². The van der Waals surface area contributed by atoms with Crippen LogP contribution in [0.25, 0.3) is 0 Å². The summed E-state index contributed by atoms with van der Waals surface area (Å²) in [6.07, 6.45) is 2.76. The molecule has 0 saturated carbocycles. The molecule has 0 amide bonds. The summed E-state index contributed by atoms with van der Waals surface area (Å²) in [5, 5.41) is 3.32. The molecule has 0 radical (unpaired) electrons. The summed E-state index contributed by atoms with van der Waals surface area (Å²) in [6.45, 7) is 4.04. The number of hydrogen-bond acceptors (Lipinski definition) is 3. The van der Waals surface area contributed by atoms with E-state index in [9.17, 15) is 0 Å². The molecule has 0 aliphatic carbocycles. The highest BCUT2D eigenvalue weighted by Gasteiger charge is 2.11. The molecule has 0 spiro atoms. The third-order valence-electron chi connectivity index (χ3n) is 3.03. The van der Waals surface area contributed by atoms with E-state index in [1.807, 2.05) is 26.2 Å². The maximum Gasteiger partial charge on any atom is 0.125 e. The first-order chi connectivity index (χ1) is 8.69. The molecule has 1 aromatic heterocycles. The second-order valence-corrected chi connectivity index (χ2v) is 4.56. The number of benzene rings is 1. The van der Waals surface area contributed by atoms with Crippen molar-refractivity contribution in [3.8, 4) is 0 Å². The number of aryl methyl sites for hydroxylation is 2. The van der Waals surface area contributed by atoms with E-state index in [4.69, 9.17) is 0 Å². The van der Waals surface area contributed by atoms with Gasteiger partial charge in [0.1, 0.15) is 5.82 Å². The van der Waals surface area contributed by atoms with Gasteiger partial charge in [0.25, 0.3) is 0 Å². The van der Waals surface area contributed by atoms with Crippen LogP contribution in [-0.2, 0) is 6.42 Å². The average Bonchev–Trinajstić information content (AvgIpc) is 2.36. The quantitative estimate of drug-likeness (QED) is 0.894. The Morgan fingerprint density at radius 2 is 2.06 bits per heavy atom. The van der Waals surface area contributed by atoms with E-state index >= 15 is 0 Å². The van der Waals surface area contributed by atoms with Crippen LogP contribution in [0.1, 0.15) is 28.7 Å². The minimum atomic E-state index is 0.230. The maximum atomic E-state index is 4.49. The lowest BCUT2D eigenvalue weighted by Gasteiger charge is -2.16. The van der Waals surface area contributed by atoms with Crippen LogP contribution in [-0.4, -0.2) is 17.0 Å². The summed E-state index contributed by atoms with van der Waals surface area (Å²) >= 11 is 0. The Bertz CT molecular complexity index is 523. The van der Waals surface area contributed by atoms with Crippen molar-refractivity contribution in [2.45, 2.75) is 26.3 Å². The van der Waals surface area contributed by atoms with Gasteiger partial charge in [-0.05, 0) is 38.9 Å². The van der Waals surface area contributed by atoms with E-state index in [1.54, 1.807) is 0 Å². The molecule has 18 heavy (non-hydrogen) atoms. The molecule has 94 valence electrons. The van der Waals surface area contributed by atoms with Gasteiger partial charge in [-0.2, -0.15) is 0 Å². The highest BCUT2D eigenvalue weighted by atomic mass is 14.9. The van der Waals surface area contributed by atoms with Gasteiger partial charge in [0.2, 0.25) is 0 Å². The van der Waals surface area contributed by atoms with Gasteiger partial charge >= 0.3 is 0 Å². The first-order valence-corrected chi connectivity index (χ1v) is 6.21. The summed E-state index contributed by atoms with van der Waals surface area (Å²) in [6, 6.07) is 10.8. The largest absolute Gasteiger partial charge is 0.311 e. The Hall–Kier alpha value is -1.74. The van der Waals surface area contributed by atoms with Crippen molar-refractivity contribution in [3.63, 3.8) is 0 Å². The normalized spacial score (nSPS) is 12.4. The molecule has 3 heteroatoms. The lowest BCUT2D eigenvalue weighted by Crippen LogP contribution is -2.20. The highest BCUT2D eigenvalue weighted by molar-refractivity contribution is 5.24. The Morgan fingerprint density at radius 3 is 2.72 bits per heavy atom. The van der Waals surface area contributed by atoms with Crippen molar-refractivity contribution in [2.75, 3.05) is 7.05 Å². The molecule has 3 nitrogen and oxygen atoms in total. The van der Waals surface area contributed by atoms with Crippen LogP contribution in [0, 0.1) is 13.8 Å². The zero-order chi connectivity index (χ0) is 13.0. The van der Waals surface area contributed by atoms with Crippen molar-refractivity contribution in [1.82, 2.24) is 15.3 Å². The third kappa shape index (κ3) is 3.14. The van der Waals surface area contributed by atoms with E-state index in [-0.39, 0.29) is 6.04 Å². The summed E-state index contributed by atoms with van der Waals surface area (Å²) in [5.74, 6) is 0.817. The molecule has 1 heterocycles. The number of likely N-dealkylation sites (N-methyl/N-ethyl adjacent to an activating group) is 1. The van der Waals surface area contributed by atoms with Gasteiger partial charge in [-0.3, -0.25) is 0 Å². The number of nitrogens with zero attached hydrogens (tertiary/aromatic N) is 2. The fourth-order valence-electron chi connectivity index (χ4n) is 2.10. The van der Waals surface area contributed by atoms with Gasteiger partial charge in [0, 0.05) is 6.20 Å². The Labute approximate surface area is 108 Å². The van der Waals surface area contributed by atoms with E-state index in [2.05, 4.69) is 46.5 Å². The summed E-state index contributed by atoms with van der Waals surface area (Å²) in [7, 11) is 1.97. The first kappa shape index (κ1) is 12.7. The van der Waals surface area contributed by atoms with Gasteiger partial charge in [-0.15, -0.1) is 0 Å². The Balaban J connectivity index is 2.19. The number of rotatable bonds is 4. The maximum absolute atomic E-state index is 4.49. The number of aromatic nitrogens is 2. The zero-order valence-corrected chi connectivity index (χ0v) is 11.1. The Morgan fingerprint density at radius 1 is 1.22 bits per heavy atom. The summed E-state index contributed by atoms with van der Waals surface area (Å²) < 4.78 is 0. The van der Waals surface area contributed by atoms with E-state index < -0.39 is 0 Å². The van der Waals surface area contributed by atoms with Gasteiger partial charge in [-0.25, -0.2) is 9.97 Å². The van der Waals surface area contributed by atoms with Crippen molar-refractivity contribution in [1.29, 1.82) is 0 Å². The van der Waals surface area contributed by atoms with Gasteiger partial charge in [0.05, 0.1) is 11.7 Å². The summed E-state index contributed by atoms with van der Waals surface area (Å²) in [4.78, 5) is 8.63. The first-order valence-electron chi connectivity index (χ1n) is 6.21. The van der Waals surface area contributed by atoms with Crippen molar-refractivity contribution < 1.29 is 0 Å². The fraction of sp³-hybridized carbons (Fsp3) is 0.333. The van der Waals surface area contributed by atoms with Crippen molar-refractivity contribution >= 4 is 0 Å². The smallest absolute Gasteiger partial charge is 0.125 e. The minimum absolute atomic E-state index is 0.230. The molecular weight excluding hydrogens is 222 g/mol. The number of nitrogens with one attached hydrogen (secondary N) is 1. The molecule has 0 aliphatic rings. The molecule has 0 saturated heterocycles. The van der Waals surface area contributed by atoms with Gasteiger partial charge < -0.3 is 5.32 Å². The van der Waals surface area contributed by atoms with Crippen LogP contribution in [0.4, 0.5) is 0 Å². The number of hydrogen-bond donors (Lipinski definition) is 1. The van der Waals surface area contributed by atoms with Crippen LogP contribution >= 0.6 is 0 Å². The molecule has 1 atom stereocenters. The van der Waals surface area contributed by atoms with Crippen LogP contribution in [0.15, 0.2) is 36.5 Å². The SMILES string of the molecule is CNC(Cc1cccc(C)c1)c1ccnc(C)n1. The molecule has 2 aromatic rings. The lowest BCUT2D eigenvalue weighted by atomic mass is 10.0. The third-order valence-corrected chi connectivity index (χ3v) is 3.03. The predicted molar refractivity (Wildman–Crippen MR) is 73.5 cm³/mol. The van der Waals surface area contributed by atoms with Crippen molar-refractivity contribution in [2.24, 2.45) is 0 Å².